The average molecular weight is 936 g/mol. The van der Waals surface area contributed by atoms with Crippen LogP contribution in [0.2, 0.25) is 0 Å². The van der Waals surface area contributed by atoms with Crippen LogP contribution in [0, 0.1) is 29.2 Å². The van der Waals surface area contributed by atoms with E-state index in [1.807, 2.05) is 39.8 Å². The quantitative estimate of drug-likeness (QED) is 0.0981. The normalized spacial score (nSPS) is 11.4. The summed E-state index contributed by atoms with van der Waals surface area (Å²) in [6, 6.07) is 53.1. The number of allylic oxidation sites excluding steroid dienone is 2. The molecule has 1 aromatic heterocycles. The number of aromatic nitrogens is 1. The predicted octanol–water partition coefficient (Wildman–Crippen LogP) is 14.4. The SMILES string of the molecule is CCC(CC)C(=O)/C=C(\O)C(CC)CC.N#Cc1cnc2cc1c1cccc(c1)c1cccc(c1)c1cccc(c1)c1cccc(c1)c1cc2[c-]c2ccccc21.[Ir]. The Morgan fingerprint density at radius 2 is 1.07 bits per heavy atom. The topological polar surface area (TPSA) is 74.0 Å². The van der Waals surface area contributed by atoms with Crippen molar-refractivity contribution in [1.29, 1.82) is 5.26 Å². The maximum absolute atomic E-state index is 11.7. The molecule has 1 heterocycles. The summed E-state index contributed by atoms with van der Waals surface area (Å²) in [5, 5.41) is 33.9. The Morgan fingerprint density at radius 1 is 0.603 bits per heavy atom. The van der Waals surface area contributed by atoms with Gasteiger partial charge in [-0.05, 0) is 98.4 Å². The molecular formula is C53H47IrN2O2-. The Balaban J connectivity index is 0.000000305. The van der Waals surface area contributed by atoms with E-state index in [-0.39, 0.29) is 43.5 Å². The maximum Gasteiger partial charge on any atom is 0.162 e. The van der Waals surface area contributed by atoms with Gasteiger partial charge >= 0.3 is 0 Å². The van der Waals surface area contributed by atoms with Crippen LogP contribution in [0.4, 0.5) is 0 Å². The van der Waals surface area contributed by atoms with Crippen LogP contribution in [0.25, 0.3) is 75.5 Å². The first-order valence-electron chi connectivity index (χ1n) is 20.1. The first kappa shape index (κ1) is 41.7. The van der Waals surface area contributed by atoms with Gasteiger partial charge in [0, 0.05) is 49.7 Å². The van der Waals surface area contributed by atoms with E-state index in [9.17, 15) is 15.2 Å². The third kappa shape index (κ3) is 8.95. The first-order chi connectivity index (χ1) is 27.8. The van der Waals surface area contributed by atoms with Gasteiger partial charge in [-0.15, -0.1) is 23.6 Å². The minimum atomic E-state index is 0. The van der Waals surface area contributed by atoms with E-state index < -0.39 is 0 Å². The van der Waals surface area contributed by atoms with Crippen molar-refractivity contribution in [2.45, 2.75) is 53.4 Å². The second-order valence-corrected chi connectivity index (χ2v) is 14.7. The Morgan fingerprint density at radius 3 is 1.57 bits per heavy atom. The van der Waals surface area contributed by atoms with Crippen molar-refractivity contribution < 1.29 is 30.0 Å². The smallest absolute Gasteiger partial charge is 0.162 e. The molecule has 0 amide bonds. The van der Waals surface area contributed by atoms with Crippen molar-refractivity contribution in [3.8, 4) is 6.07 Å². The van der Waals surface area contributed by atoms with Gasteiger partial charge in [0.1, 0.15) is 6.07 Å². The standard InChI is InChI=1S/C40H23N2.C13H24O2.Ir/c41-24-36-25-42-40-23-38(36)33-14-5-12-30(19-33)28-10-3-8-26(17-28)27-9-4-11-29(18-27)31-13-6-15-34(20-31)39-22-35(40)21-32-7-1-2-16-37(32)39;1-5-10(6-2)12(14)9-13(15)11(7-3)8-4;/h1-20,22-23,25H;9-11,14H,5-8H2,1-4H3;/q-1;;/b;12-9-;. The molecule has 1 radical (unpaired) electrons. The number of aliphatic hydroxyl groups is 1. The van der Waals surface area contributed by atoms with Crippen LogP contribution < -0.4 is 0 Å². The van der Waals surface area contributed by atoms with Gasteiger partial charge in [-0.1, -0.05) is 141 Å². The number of nitriles is 1. The summed E-state index contributed by atoms with van der Waals surface area (Å²) in [5.74, 6) is 0.547. The van der Waals surface area contributed by atoms with E-state index in [4.69, 9.17) is 4.98 Å². The third-order valence-corrected chi connectivity index (χ3v) is 11.2. The molecule has 0 saturated heterocycles. The molecule has 12 bridgehead atoms. The number of benzene rings is 6. The number of nitrogens with zero attached hydrogens (tertiary/aromatic N) is 2. The Labute approximate surface area is 354 Å². The van der Waals surface area contributed by atoms with Gasteiger partial charge in [-0.25, -0.2) is 0 Å². The molecule has 0 spiro atoms. The monoisotopic (exact) mass is 936 g/mol. The number of carbonyl (C=O) groups excluding carboxylic acids is 1. The Kier molecular flexibility index (Phi) is 13.7. The fourth-order valence-electron chi connectivity index (χ4n) is 7.81. The van der Waals surface area contributed by atoms with Crippen LogP contribution in [0.1, 0.15) is 58.9 Å². The first-order valence-corrected chi connectivity index (χ1v) is 20.1. The van der Waals surface area contributed by atoms with Crippen molar-refractivity contribution in [2.75, 3.05) is 0 Å². The molecule has 0 unspecified atom stereocenters. The zero-order valence-electron chi connectivity index (χ0n) is 33.4. The number of carbonyl (C=O) groups is 1. The fraction of sp³-hybridized carbons (Fsp3) is 0.189. The zero-order valence-corrected chi connectivity index (χ0v) is 35.8. The molecule has 0 atom stereocenters. The van der Waals surface area contributed by atoms with E-state index in [1.165, 1.54) is 16.8 Å². The molecule has 8 aromatic rings. The predicted molar refractivity (Wildman–Crippen MR) is 241 cm³/mol. The van der Waals surface area contributed by atoms with Crippen molar-refractivity contribution >= 4 is 81.3 Å². The summed E-state index contributed by atoms with van der Waals surface area (Å²) in [4.78, 5) is 16.5. The van der Waals surface area contributed by atoms with Crippen LogP contribution in [-0.4, -0.2) is 15.9 Å². The van der Waals surface area contributed by atoms with Gasteiger partial charge in [-0.3, -0.25) is 9.78 Å². The summed E-state index contributed by atoms with van der Waals surface area (Å²) in [5.41, 5.74) is 1.33. The van der Waals surface area contributed by atoms with E-state index in [2.05, 4.69) is 133 Å². The number of fused-ring (bicyclic) bond motifs is 20. The molecule has 1 N–H and O–H groups in total. The summed E-state index contributed by atoms with van der Waals surface area (Å²) < 4.78 is 0. The van der Waals surface area contributed by atoms with E-state index >= 15 is 0 Å². The summed E-state index contributed by atoms with van der Waals surface area (Å²) in [6.45, 7) is 8.07. The molecule has 0 aliphatic heterocycles. The third-order valence-electron chi connectivity index (χ3n) is 11.2. The van der Waals surface area contributed by atoms with Gasteiger partial charge in [0.2, 0.25) is 0 Å². The Hall–Kier alpha value is -5.92. The number of hydrogen-bond donors (Lipinski definition) is 1. The number of hydrogen-bond acceptors (Lipinski definition) is 4. The number of rotatable bonds is 7. The second-order valence-electron chi connectivity index (χ2n) is 14.7. The molecule has 0 aliphatic rings. The minimum Gasteiger partial charge on any atom is -0.512 e. The molecule has 0 saturated carbocycles. The van der Waals surface area contributed by atoms with Crippen LogP contribution in [0.3, 0.4) is 0 Å². The van der Waals surface area contributed by atoms with Gasteiger partial charge < -0.3 is 5.11 Å². The molecule has 0 aliphatic carbocycles. The van der Waals surface area contributed by atoms with E-state index in [0.717, 1.165) is 90.4 Å². The summed E-state index contributed by atoms with van der Waals surface area (Å²) in [6.07, 6.45) is 6.59. The molecule has 4 nitrogen and oxygen atoms in total. The molecule has 5 heteroatoms. The minimum absolute atomic E-state index is 0. The van der Waals surface area contributed by atoms with E-state index in [0.29, 0.717) is 5.56 Å². The second kappa shape index (κ2) is 19.0. The number of aliphatic hydroxyl groups excluding tert-OH is 1. The van der Waals surface area contributed by atoms with Gasteiger partial charge in [0.05, 0.1) is 11.3 Å². The van der Waals surface area contributed by atoms with Crippen LogP contribution in [0.5, 0.6) is 0 Å². The van der Waals surface area contributed by atoms with E-state index in [1.54, 1.807) is 6.20 Å². The van der Waals surface area contributed by atoms with Gasteiger partial charge in [0.15, 0.2) is 5.78 Å². The zero-order chi connectivity index (χ0) is 39.9. The number of ketones is 1. The molecule has 8 rings (SSSR count). The van der Waals surface area contributed by atoms with Crippen molar-refractivity contribution in [2.24, 2.45) is 11.8 Å². The summed E-state index contributed by atoms with van der Waals surface area (Å²) in [7, 11) is 0. The van der Waals surface area contributed by atoms with Gasteiger partial charge in [-0.2, -0.15) is 5.26 Å². The van der Waals surface area contributed by atoms with Gasteiger partial charge in [0.25, 0.3) is 0 Å². The molecule has 291 valence electrons. The summed E-state index contributed by atoms with van der Waals surface area (Å²) >= 11 is 0. The van der Waals surface area contributed by atoms with Crippen LogP contribution in [-0.2, 0) is 24.9 Å². The van der Waals surface area contributed by atoms with Crippen LogP contribution >= 0.6 is 0 Å². The van der Waals surface area contributed by atoms with Crippen molar-refractivity contribution in [3.63, 3.8) is 0 Å². The van der Waals surface area contributed by atoms with Crippen molar-refractivity contribution in [1.82, 2.24) is 4.98 Å². The molecule has 58 heavy (non-hydrogen) atoms. The average Bonchev–Trinajstić information content (AvgIpc) is 3.26. The Bertz CT molecular complexity index is 2970. The van der Waals surface area contributed by atoms with Crippen molar-refractivity contribution in [3.05, 3.63) is 163 Å². The molecular weight excluding hydrogens is 889 g/mol. The largest absolute Gasteiger partial charge is 0.512 e. The fourth-order valence-corrected chi connectivity index (χ4v) is 7.81. The van der Waals surface area contributed by atoms with Crippen LogP contribution in [0.15, 0.2) is 151 Å². The maximum atomic E-state index is 11.7. The molecule has 7 aromatic carbocycles. The molecule has 0 fully saturated rings. The number of pyridine rings is 1.